The Bertz CT molecular complexity index is 628. The molecule has 1 N–H and O–H groups in total. The molecule has 0 saturated heterocycles. The summed E-state index contributed by atoms with van der Waals surface area (Å²) in [5, 5.41) is 7.31. The maximum absolute atomic E-state index is 12.0. The summed E-state index contributed by atoms with van der Waals surface area (Å²) in [6, 6.07) is 0.110. The summed E-state index contributed by atoms with van der Waals surface area (Å²) < 4.78 is 3.60. The van der Waals surface area contributed by atoms with Gasteiger partial charge in [0.1, 0.15) is 17.9 Å². The molecule has 0 radical (unpaired) electrons. The van der Waals surface area contributed by atoms with E-state index in [1.54, 1.807) is 4.68 Å². The molecule has 0 bridgehead atoms. The number of halogens is 1. The average Bonchev–Trinajstić information content (AvgIpc) is 2.87. The zero-order valence-electron chi connectivity index (χ0n) is 12.3. The summed E-state index contributed by atoms with van der Waals surface area (Å²) in [4.78, 5) is 16.5. The fraction of sp³-hybridized carbons (Fsp3) is 0.615. The molecular weight excluding hydrogens is 278 g/mol. The lowest BCUT2D eigenvalue weighted by atomic mass is 10.3. The van der Waals surface area contributed by atoms with Crippen LogP contribution in [0.3, 0.4) is 0 Å². The molecule has 0 atom stereocenters. The van der Waals surface area contributed by atoms with Crippen LogP contribution >= 0.6 is 11.6 Å². The van der Waals surface area contributed by atoms with E-state index in [2.05, 4.69) is 15.4 Å². The third-order valence-corrected chi connectivity index (χ3v) is 3.32. The van der Waals surface area contributed by atoms with Crippen LogP contribution in [0, 0.1) is 0 Å². The van der Waals surface area contributed by atoms with Gasteiger partial charge in [-0.05, 0) is 20.3 Å². The van der Waals surface area contributed by atoms with Gasteiger partial charge in [0.2, 0.25) is 5.91 Å². The van der Waals surface area contributed by atoms with Crippen LogP contribution in [0.25, 0.3) is 11.2 Å². The molecule has 20 heavy (non-hydrogen) atoms. The van der Waals surface area contributed by atoms with Gasteiger partial charge in [-0.3, -0.25) is 9.48 Å². The van der Waals surface area contributed by atoms with Crippen LogP contribution in [0.1, 0.15) is 32.3 Å². The lowest BCUT2D eigenvalue weighted by Crippen LogP contribution is -2.33. The summed E-state index contributed by atoms with van der Waals surface area (Å²) in [7, 11) is 1.86. The van der Waals surface area contributed by atoms with Gasteiger partial charge in [-0.1, -0.05) is 6.92 Å². The number of imidazole rings is 1. The van der Waals surface area contributed by atoms with Crippen LogP contribution < -0.4 is 5.32 Å². The lowest BCUT2D eigenvalue weighted by Gasteiger charge is -2.11. The molecule has 0 aliphatic heterocycles. The summed E-state index contributed by atoms with van der Waals surface area (Å²) >= 11 is 5.95. The number of nitrogens with zero attached hydrogens (tertiary/aromatic N) is 4. The van der Waals surface area contributed by atoms with Crippen molar-refractivity contribution >= 4 is 28.7 Å². The summed E-state index contributed by atoms with van der Waals surface area (Å²) in [5.41, 5.74) is 2.61. The predicted octanol–water partition coefficient (Wildman–Crippen LogP) is 1.60. The van der Waals surface area contributed by atoms with Crippen LogP contribution in [0.15, 0.2) is 0 Å². The zero-order chi connectivity index (χ0) is 14.9. The smallest absolute Gasteiger partial charge is 0.240 e. The van der Waals surface area contributed by atoms with Crippen molar-refractivity contribution in [2.24, 2.45) is 7.05 Å². The van der Waals surface area contributed by atoms with Crippen molar-refractivity contribution in [2.75, 3.05) is 0 Å². The van der Waals surface area contributed by atoms with E-state index in [0.29, 0.717) is 5.82 Å². The first-order chi connectivity index (χ1) is 9.47. The fourth-order valence-electron chi connectivity index (χ4n) is 2.30. The van der Waals surface area contributed by atoms with E-state index in [0.717, 1.165) is 23.3 Å². The lowest BCUT2D eigenvalue weighted by molar-refractivity contribution is -0.122. The molecule has 0 aliphatic carbocycles. The van der Waals surface area contributed by atoms with Gasteiger partial charge in [-0.2, -0.15) is 5.10 Å². The van der Waals surface area contributed by atoms with Crippen molar-refractivity contribution in [1.29, 1.82) is 0 Å². The Kier molecular flexibility index (Phi) is 4.32. The predicted molar refractivity (Wildman–Crippen MR) is 78.7 cm³/mol. The molecule has 2 aromatic rings. The minimum atomic E-state index is -0.0510. The van der Waals surface area contributed by atoms with Crippen molar-refractivity contribution in [3.8, 4) is 0 Å². The van der Waals surface area contributed by atoms with Gasteiger partial charge in [0.05, 0.1) is 11.6 Å². The number of nitrogens with one attached hydrogen (secondary N) is 1. The number of fused-ring (bicyclic) bond motifs is 1. The van der Waals surface area contributed by atoms with Crippen molar-refractivity contribution in [3.63, 3.8) is 0 Å². The summed E-state index contributed by atoms with van der Waals surface area (Å²) in [6.07, 6.45) is 0.800. The highest BCUT2D eigenvalue weighted by Crippen LogP contribution is 2.21. The van der Waals surface area contributed by atoms with E-state index in [1.807, 2.05) is 32.4 Å². The van der Waals surface area contributed by atoms with Crippen LogP contribution in [-0.2, 0) is 30.7 Å². The second-order valence-corrected chi connectivity index (χ2v) is 5.33. The Morgan fingerprint density at radius 1 is 1.45 bits per heavy atom. The Balaban J connectivity index is 2.45. The third kappa shape index (κ3) is 2.65. The molecule has 7 heteroatoms. The highest BCUT2D eigenvalue weighted by molar-refractivity contribution is 6.16. The first-order valence-corrected chi connectivity index (χ1v) is 7.27. The van der Waals surface area contributed by atoms with Gasteiger partial charge < -0.3 is 9.88 Å². The first kappa shape index (κ1) is 14.8. The molecule has 2 heterocycles. The molecule has 6 nitrogen and oxygen atoms in total. The number of aryl methyl sites for hydroxylation is 2. The number of amides is 1. The molecule has 2 aromatic heterocycles. The highest BCUT2D eigenvalue weighted by Gasteiger charge is 2.19. The molecule has 0 fully saturated rings. The van der Waals surface area contributed by atoms with Crippen molar-refractivity contribution in [2.45, 2.75) is 45.7 Å². The number of aromatic nitrogens is 4. The number of alkyl halides is 1. The van der Waals surface area contributed by atoms with E-state index in [-0.39, 0.29) is 24.4 Å². The minimum Gasteiger partial charge on any atom is -0.352 e. The first-order valence-electron chi connectivity index (χ1n) is 6.74. The number of hydrogen-bond donors (Lipinski definition) is 1. The van der Waals surface area contributed by atoms with E-state index >= 15 is 0 Å². The molecule has 0 aromatic carbocycles. The van der Waals surface area contributed by atoms with Crippen LogP contribution in [0.2, 0.25) is 0 Å². The summed E-state index contributed by atoms with van der Waals surface area (Å²) in [6.45, 7) is 6.11. The monoisotopic (exact) mass is 297 g/mol. The average molecular weight is 298 g/mol. The zero-order valence-corrected chi connectivity index (χ0v) is 13.0. The van der Waals surface area contributed by atoms with Gasteiger partial charge in [0.25, 0.3) is 0 Å². The maximum atomic E-state index is 12.0. The normalized spacial score (nSPS) is 11.5. The number of hydrogen-bond acceptors (Lipinski definition) is 3. The van der Waals surface area contributed by atoms with E-state index < -0.39 is 0 Å². The van der Waals surface area contributed by atoms with E-state index in [9.17, 15) is 4.79 Å². The number of carbonyl (C=O) groups is 1. The number of carbonyl (C=O) groups excluding carboxylic acids is 1. The Morgan fingerprint density at radius 3 is 2.70 bits per heavy atom. The van der Waals surface area contributed by atoms with Crippen LogP contribution in [0.5, 0.6) is 0 Å². The quantitative estimate of drug-likeness (QED) is 0.853. The van der Waals surface area contributed by atoms with Crippen molar-refractivity contribution in [1.82, 2.24) is 24.6 Å². The van der Waals surface area contributed by atoms with Gasteiger partial charge in [0, 0.05) is 13.1 Å². The highest BCUT2D eigenvalue weighted by atomic mass is 35.5. The van der Waals surface area contributed by atoms with Crippen LogP contribution in [-0.4, -0.2) is 31.3 Å². The summed E-state index contributed by atoms with van der Waals surface area (Å²) in [5.74, 6) is 0.917. The fourth-order valence-corrected chi connectivity index (χ4v) is 2.51. The second kappa shape index (κ2) is 5.83. The second-order valence-electron chi connectivity index (χ2n) is 5.07. The topological polar surface area (TPSA) is 64.7 Å². The SMILES string of the molecule is CCc1nn(C)c2c1nc(CCl)n2CC(=O)NC(C)C. The number of rotatable bonds is 5. The molecule has 0 saturated carbocycles. The van der Waals surface area contributed by atoms with Gasteiger partial charge >= 0.3 is 0 Å². The molecule has 110 valence electrons. The maximum Gasteiger partial charge on any atom is 0.240 e. The van der Waals surface area contributed by atoms with E-state index in [4.69, 9.17) is 11.6 Å². The molecule has 0 aliphatic rings. The van der Waals surface area contributed by atoms with Crippen molar-refractivity contribution in [3.05, 3.63) is 11.5 Å². The molecule has 1 amide bonds. The van der Waals surface area contributed by atoms with E-state index in [1.165, 1.54) is 0 Å². The van der Waals surface area contributed by atoms with Crippen molar-refractivity contribution < 1.29 is 4.79 Å². The standard InChI is InChI=1S/C13H20ClN5O/c1-5-9-12-13(18(4)17-9)19(10(6-14)16-12)7-11(20)15-8(2)3/h8H,5-7H2,1-4H3,(H,15,20). The van der Waals surface area contributed by atoms with Gasteiger partial charge in [-0.15, -0.1) is 11.6 Å². The molecule has 0 unspecified atom stereocenters. The van der Waals surface area contributed by atoms with Gasteiger partial charge in [-0.25, -0.2) is 4.98 Å². The Hall–Kier alpha value is -1.56. The molecule has 2 rings (SSSR count). The van der Waals surface area contributed by atoms with Gasteiger partial charge in [0.15, 0.2) is 5.65 Å². The molecule has 0 spiro atoms. The van der Waals surface area contributed by atoms with Crippen LogP contribution in [0.4, 0.5) is 0 Å². The molecular formula is C13H20ClN5O. The largest absolute Gasteiger partial charge is 0.352 e. The third-order valence-electron chi connectivity index (χ3n) is 3.08. The Morgan fingerprint density at radius 2 is 2.15 bits per heavy atom. The Labute approximate surface area is 123 Å². The minimum absolute atomic E-state index is 0.0510.